The van der Waals surface area contributed by atoms with Crippen molar-refractivity contribution in [2.24, 2.45) is 11.1 Å². The summed E-state index contributed by atoms with van der Waals surface area (Å²) in [7, 11) is 0. The largest absolute Gasteiger partial charge is 0.488 e. The fourth-order valence-corrected chi connectivity index (χ4v) is 6.70. The van der Waals surface area contributed by atoms with Gasteiger partial charge in [0.05, 0.1) is 33.3 Å². The number of para-hydroxylation sites is 1. The lowest BCUT2D eigenvalue weighted by molar-refractivity contribution is -0.137. The molecule has 0 saturated heterocycles. The number of aryl methyl sites for hydroxylation is 2. The summed E-state index contributed by atoms with van der Waals surface area (Å²) in [5.41, 5.74) is 8.73. The molecule has 0 spiro atoms. The van der Waals surface area contributed by atoms with Crippen molar-refractivity contribution in [1.82, 2.24) is 0 Å². The average Bonchev–Trinajstić information content (AvgIpc) is 2.92. The second-order valence-corrected chi connectivity index (χ2v) is 13.3. The highest BCUT2D eigenvalue weighted by Gasteiger charge is 2.47. The van der Waals surface area contributed by atoms with Crippen molar-refractivity contribution in [3.05, 3.63) is 115 Å². The quantitative estimate of drug-likeness (QED) is 0.290. The number of anilines is 1. The lowest BCUT2D eigenvalue weighted by atomic mass is 9.68. The van der Waals surface area contributed by atoms with Gasteiger partial charge >= 0.3 is 6.18 Å². The number of allylic oxidation sites excluding steroid dienone is 3. The van der Waals surface area contributed by atoms with E-state index in [1.54, 1.807) is 0 Å². The molecule has 1 aliphatic carbocycles. The second-order valence-electron chi connectivity index (χ2n) is 12.0. The Kier molecular flexibility index (Phi) is 8.38. The van der Waals surface area contributed by atoms with Gasteiger partial charge in [0.15, 0.2) is 5.78 Å². The smallest absolute Gasteiger partial charge is 0.418 e. The molecule has 0 bridgehead atoms. The summed E-state index contributed by atoms with van der Waals surface area (Å²) < 4.78 is 49.9. The minimum absolute atomic E-state index is 0.00417. The van der Waals surface area contributed by atoms with Gasteiger partial charge in [0.25, 0.3) is 0 Å². The Morgan fingerprint density at radius 3 is 2.48 bits per heavy atom. The van der Waals surface area contributed by atoms with Crippen molar-refractivity contribution >= 4 is 39.0 Å². The summed E-state index contributed by atoms with van der Waals surface area (Å²) in [5, 5.41) is 10.4. The number of alkyl halides is 3. The number of nitrogens with two attached hydrogens (primary N) is 1. The van der Waals surface area contributed by atoms with Crippen LogP contribution in [0, 0.1) is 30.6 Å². The predicted octanol–water partition coefficient (Wildman–Crippen LogP) is 9.26. The molecule has 2 N–H and O–H groups in total. The Hall–Kier alpha value is -3.74. The van der Waals surface area contributed by atoms with Crippen LogP contribution >= 0.6 is 27.5 Å². The normalized spacial score (nSPS) is 18.3. The van der Waals surface area contributed by atoms with Gasteiger partial charge in [-0.3, -0.25) is 9.69 Å². The van der Waals surface area contributed by atoms with Crippen molar-refractivity contribution < 1.29 is 22.7 Å². The molecular formula is C34H30BrClF3N3O2. The van der Waals surface area contributed by atoms with E-state index < -0.39 is 23.1 Å². The maximum atomic E-state index is 14.3. The molecule has 0 amide bonds. The van der Waals surface area contributed by atoms with Crippen molar-refractivity contribution in [2.75, 3.05) is 4.90 Å². The highest BCUT2D eigenvalue weighted by Crippen LogP contribution is 2.52. The highest BCUT2D eigenvalue weighted by atomic mass is 79.9. The number of halogens is 5. The molecule has 0 aromatic heterocycles. The van der Waals surface area contributed by atoms with E-state index in [-0.39, 0.29) is 52.9 Å². The van der Waals surface area contributed by atoms with E-state index in [1.807, 2.05) is 64.1 Å². The number of carbonyl (C=O) groups is 1. The van der Waals surface area contributed by atoms with E-state index in [9.17, 15) is 23.2 Å². The molecule has 3 aromatic carbocycles. The number of rotatable bonds is 5. The van der Waals surface area contributed by atoms with Crippen molar-refractivity contribution in [3.8, 4) is 11.8 Å². The Bertz CT molecular complexity index is 1790. The van der Waals surface area contributed by atoms with Crippen LogP contribution in [0.4, 0.5) is 18.9 Å². The number of ether oxygens (including phenoxy) is 1. The first-order valence-electron chi connectivity index (χ1n) is 13.9. The number of nitrogens with zero attached hydrogens (tertiary/aromatic N) is 2. The summed E-state index contributed by atoms with van der Waals surface area (Å²) in [6.45, 7) is 7.83. The van der Waals surface area contributed by atoms with Crippen molar-refractivity contribution in [3.63, 3.8) is 0 Å². The third-order valence-electron chi connectivity index (χ3n) is 8.14. The zero-order chi connectivity index (χ0) is 32.1. The van der Waals surface area contributed by atoms with Crippen LogP contribution in [0.15, 0.2) is 81.7 Å². The molecule has 1 aliphatic heterocycles. The van der Waals surface area contributed by atoms with Crippen LogP contribution in [0.25, 0.3) is 0 Å². The van der Waals surface area contributed by atoms with E-state index in [0.29, 0.717) is 17.0 Å². The standard InChI is InChI=1S/C34H30BrClF3N3O2/c1-18-11-19(2)22(12-20(18)17-44-29-8-6-5-7-25(29)35)30-23(16-40)32(41)42(27-14-33(3,4)15-28(43)31(27)30)26-10-9-21(36)13-24(26)34(37,38)39/h5-13,30H,14-15,17,41H2,1-4H3. The molecule has 228 valence electrons. The lowest BCUT2D eigenvalue weighted by Crippen LogP contribution is -2.42. The Morgan fingerprint density at radius 2 is 1.82 bits per heavy atom. The highest BCUT2D eigenvalue weighted by molar-refractivity contribution is 9.10. The maximum Gasteiger partial charge on any atom is 0.418 e. The Balaban J connectivity index is 1.72. The van der Waals surface area contributed by atoms with Crippen LogP contribution in [-0.4, -0.2) is 5.78 Å². The first kappa shape index (κ1) is 31.7. The predicted molar refractivity (Wildman–Crippen MR) is 168 cm³/mol. The van der Waals surface area contributed by atoms with Crippen LogP contribution in [0.2, 0.25) is 5.02 Å². The first-order chi connectivity index (χ1) is 20.6. The van der Waals surface area contributed by atoms with E-state index in [0.717, 1.165) is 27.2 Å². The molecule has 5 rings (SSSR count). The number of Topliss-reactive ketones (excluding diaryl/α,β-unsaturated/α-hetero) is 1. The number of nitriles is 1. The number of ketones is 1. The van der Waals surface area contributed by atoms with Gasteiger partial charge in [-0.1, -0.05) is 49.7 Å². The van der Waals surface area contributed by atoms with Gasteiger partial charge < -0.3 is 10.5 Å². The van der Waals surface area contributed by atoms with Crippen LogP contribution < -0.4 is 15.4 Å². The lowest BCUT2D eigenvalue weighted by Gasteiger charge is -2.44. The molecule has 1 unspecified atom stereocenters. The van der Waals surface area contributed by atoms with E-state index in [1.165, 1.54) is 17.0 Å². The third kappa shape index (κ3) is 5.85. The molecule has 0 saturated carbocycles. The fourth-order valence-electron chi connectivity index (χ4n) is 6.13. The molecule has 2 aliphatic rings. The third-order valence-corrected chi connectivity index (χ3v) is 9.03. The number of hydrogen-bond donors (Lipinski definition) is 1. The Labute approximate surface area is 267 Å². The summed E-state index contributed by atoms with van der Waals surface area (Å²) in [4.78, 5) is 15.2. The van der Waals surface area contributed by atoms with E-state index >= 15 is 0 Å². The Morgan fingerprint density at radius 1 is 1.11 bits per heavy atom. The molecule has 10 heteroatoms. The summed E-state index contributed by atoms with van der Waals surface area (Å²) in [5.74, 6) is -0.595. The van der Waals surface area contributed by atoms with Crippen LogP contribution in [-0.2, 0) is 17.6 Å². The molecule has 1 heterocycles. The van der Waals surface area contributed by atoms with Gasteiger partial charge in [0.1, 0.15) is 18.2 Å². The summed E-state index contributed by atoms with van der Waals surface area (Å²) >= 11 is 9.48. The maximum absolute atomic E-state index is 14.3. The van der Waals surface area contributed by atoms with E-state index in [2.05, 4.69) is 22.0 Å². The van der Waals surface area contributed by atoms with Gasteiger partial charge in [0.2, 0.25) is 0 Å². The molecular weight excluding hydrogens is 655 g/mol. The van der Waals surface area contributed by atoms with Gasteiger partial charge in [0, 0.05) is 22.7 Å². The first-order valence-corrected chi connectivity index (χ1v) is 15.1. The van der Waals surface area contributed by atoms with Gasteiger partial charge in [-0.05, 0) is 94.2 Å². The average molecular weight is 685 g/mol. The van der Waals surface area contributed by atoms with Crippen molar-refractivity contribution in [2.45, 2.75) is 59.2 Å². The zero-order valence-corrected chi connectivity index (χ0v) is 26.9. The summed E-state index contributed by atoms with van der Waals surface area (Å²) in [6.07, 6.45) is -4.33. The fraction of sp³-hybridized carbons (Fsp3) is 0.294. The molecule has 5 nitrogen and oxygen atoms in total. The van der Waals surface area contributed by atoms with Gasteiger partial charge in [-0.15, -0.1) is 0 Å². The van der Waals surface area contributed by atoms with Crippen LogP contribution in [0.3, 0.4) is 0 Å². The topological polar surface area (TPSA) is 79.4 Å². The molecule has 1 atom stereocenters. The minimum atomic E-state index is -4.77. The molecule has 0 fully saturated rings. The minimum Gasteiger partial charge on any atom is -0.488 e. The van der Waals surface area contributed by atoms with Gasteiger partial charge in [-0.25, -0.2) is 0 Å². The SMILES string of the molecule is Cc1cc(C)c(C2C(C#N)=C(N)N(c3ccc(Cl)cc3C(F)(F)F)C3=C2C(=O)CC(C)(C)C3)cc1COc1ccccc1Br. The second kappa shape index (κ2) is 11.6. The molecule has 3 aromatic rings. The molecule has 44 heavy (non-hydrogen) atoms. The zero-order valence-electron chi connectivity index (χ0n) is 24.6. The van der Waals surface area contributed by atoms with Crippen LogP contribution in [0.1, 0.15) is 60.4 Å². The number of hydrogen-bond acceptors (Lipinski definition) is 5. The monoisotopic (exact) mass is 683 g/mol. The molecule has 0 radical (unpaired) electrons. The van der Waals surface area contributed by atoms with Gasteiger partial charge in [-0.2, -0.15) is 18.4 Å². The number of carbonyl (C=O) groups excluding carboxylic acids is 1. The van der Waals surface area contributed by atoms with E-state index in [4.69, 9.17) is 22.1 Å². The van der Waals surface area contributed by atoms with Crippen LogP contribution in [0.5, 0.6) is 5.75 Å². The van der Waals surface area contributed by atoms with Crippen molar-refractivity contribution in [1.29, 1.82) is 5.26 Å². The number of benzene rings is 3. The summed E-state index contributed by atoms with van der Waals surface area (Å²) in [6, 6.07) is 16.9.